The highest BCUT2D eigenvalue weighted by Gasteiger charge is 2.13. The molecule has 5 heteroatoms. The van der Waals surface area contributed by atoms with Crippen molar-refractivity contribution in [3.05, 3.63) is 3.92 Å². The summed E-state index contributed by atoms with van der Waals surface area (Å²) in [5.41, 5.74) is 0. The smallest absolute Gasteiger partial charge is 0.209 e. The SMILES string of the molecule is CCCN(c1nnc(Br)s1)C(C)C. The molecule has 0 saturated carbocycles. The van der Waals surface area contributed by atoms with Gasteiger partial charge in [-0.1, -0.05) is 18.3 Å². The fourth-order valence-corrected chi connectivity index (χ4v) is 2.38. The van der Waals surface area contributed by atoms with Crippen LogP contribution in [0, 0.1) is 0 Å². The van der Waals surface area contributed by atoms with Crippen molar-refractivity contribution in [2.75, 3.05) is 11.4 Å². The van der Waals surface area contributed by atoms with Gasteiger partial charge < -0.3 is 4.90 Å². The Labute approximate surface area is 91.3 Å². The lowest BCUT2D eigenvalue weighted by atomic mass is 10.3. The minimum absolute atomic E-state index is 0.486. The average molecular weight is 264 g/mol. The highest BCUT2D eigenvalue weighted by atomic mass is 79.9. The Morgan fingerprint density at radius 1 is 1.46 bits per heavy atom. The number of nitrogens with zero attached hydrogens (tertiary/aromatic N) is 3. The van der Waals surface area contributed by atoms with Gasteiger partial charge in [0, 0.05) is 12.6 Å². The molecule has 74 valence electrons. The second kappa shape index (κ2) is 4.91. The highest BCUT2D eigenvalue weighted by Crippen LogP contribution is 2.25. The Kier molecular flexibility index (Phi) is 4.12. The maximum Gasteiger partial charge on any atom is 0.209 e. The molecule has 13 heavy (non-hydrogen) atoms. The van der Waals surface area contributed by atoms with Crippen LogP contribution in [-0.2, 0) is 0 Å². The predicted octanol–water partition coefficient (Wildman–Crippen LogP) is 2.93. The molecule has 0 spiro atoms. The van der Waals surface area contributed by atoms with Crippen molar-refractivity contribution >= 4 is 32.4 Å². The molecule has 0 atom stereocenters. The standard InChI is InChI=1S/C8H14BrN3S/c1-4-5-12(6(2)3)8-11-10-7(9)13-8/h6H,4-5H2,1-3H3. The normalized spacial score (nSPS) is 10.8. The number of anilines is 1. The zero-order valence-electron chi connectivity index (χ0n) is 8.12. The van der Waals surface area contributed by atoms with E-state index < -0.39 is 0 Å². The highest BCUT2D eigenvalue weighted by molar-refractivity contribution is 9.11. The lowest BCUT2D eigenvalue weighted by Crippen LogP contribution is -2.31. The number of halogens is 1. The van der Waals surface area contributed by atoms with Gasteiger partial charge in [-0.2, -0.15) is 0 Å². The fourth-order valence-electron chi connectivity index (χ4n) is 1.13. The first-order chi connectivity index (χ1) is 6.15. The van der Waals surface area contributed by atoms with Crippen molar-refractivity contribution in [2.24, 2.45) is 0 Å². The summed E-state index contributed by atoms with van der Waals surface area (Å²) < 4.78 is 0.851. The minimum atomic E-state index is 0.486. The molecule has 0 bridgehead atoms. The van der Waals surface area contributed by atoms with E-state index in [2.05, 4.69) is 51.8 Å². The van der Waals surface area contributed by atoms with Crippen LogP contribution in [0.5, 0.6) is 0 Å². The molecule has 0 aromatic carbocycles. The summed E-state index contributed by atoms with van der Waals surface area (Å²) in [5.74, 6) is 0. The largest absolute Gasteiger partial charge is 0.344 e. The Bertz CT molecular complexity index is 262. The van der Waals surface area contributed by atoms with E-state index in [9.17, 15) is 0 Å². The summed E-state index contributed by atoms with van der Waals surface area (Å²) in [5, 5.41) is 9.05. The molecule has 1 rings (SSSR count). The van der Waals surface area contributed by atoms with Gasteiger partial charge in [0.1, 0.15) is 0 Å². The summed E-state index contributed by atoms with van der Waals surface area (Å²) in [4.78, 5) is 2.27. The van der Waals surface area contributed by atoms with E-state index in [1.54, 1.807) is 11.3 Å². The van der Waals surface area contributed by atoms with Crippen LogP contribution in [0.1, 0.15) is 27.2 Å². The van der Waals surface area contributed by atoms with E-state index in [-0.39, 0.29) is 0 Å². The molecule has 3 nitrogen and oxygen atoms in total. The Hall–Kier alpha value is -0.160. The van der Waals surface area contributed by atoms with Crippen molar-refractivity contribution in [3.63, 3.8) is 0 Å². The molecule has 0 amide bonds. The average Bonchev–Trinajstić information content (AvgIpc) is 2.46. The van der Waals surface area contributed by atoms with E-state index in [0.29, 0.717) is 6.04 Å². The fraction of sp³-hybridized carbons (Fsp3) is 0.750. The minimum Gasteiger partial charge on any atom is -0.344 e. The maximum absolute atomic E-state index is 4.10. The van der Waals surface area contributed by atoms with Gasteiger partial charge in [-0.3, -0.25) is 0 Å². The number of aromatic nitrogens is 2. The third kappa shape index (κ3) is 2.91. The Morgan fingerprint density at radius 3 is 2.54 bits per heavy atom. The Balaban J connectivity index is 2.75. The molecule has 0 unspecified atom stereocenters. The van der Waals surface area contributed by atoms with Gasteiger partial charge in [0.05, 0.1) is 0 Å². The van der Waals surface area contributed by atoms with Crippen LogP contribution < -0.4 is 4.90 Å². The monoisotopic (exact) mass is 263 g/mol. The van der Waals surface area contributed by atoms with Crippen LogP contribution in [0.15, 0.2) is 3.92 Å². The van der Waals surface area contributed by atoms with Crippen LogP contribution >= 0.6 is 27.3 Å². The zero-order valence-corrected chi connectivity index (χ0v) is 10.5. The summed E-state index contributed by atoms with van der Waals surface area (Å²) in [7, 11) is 0. The van der Waals surface area contributed by atoms with Gasteiger partial charge in [0.2, 0.25) is 5.13 Å². The molecule has 0 N–H and O–H groups in total. The molecule has 0 fully saturated rings. The first kappa shape index (κ1) is 10.9. The van der Waals surface area contributed by atoms with Crippen molar-refractivity contribution in [1.29, 1.82) is 0 Å². The second-order valence-corrected chi connectivity index (χ2v) is 5.36. The number of rotatable bonds is 4. The second-order valence-electron chi connectivity index (χ2n) is 3.12. The van der Waals surface area contributed by atoms with Crippen molar-refractivity contribution in [3.8, 4) is 0 Å². The van der Waals surface area contributed by atoms with Gasteiger partial charge in [-0.05, 0) is 36.2 Å². The molecular formula is C8H14BrN3S. The summed E-state index contributed by atoms with van der Waals surface area (Å²) in [6, 6.07) is 0.486. The summed E-state index contributed by atoms with van der Waals surface area (Å²) >= 11 is 4.90. The third-order valence-corrected chi connectivity index (χ3v) is 3.12. The number of hydrogen-bond acceptors (Lipinski definition) is 4. The van der Waals surface area contributed by atoms with Crippen LogP contribution in [0.3, 0.4) is 0 Å². The molecule has 0 aliphatic rings. The summed E-state index contributed by atoms with van der Waals surface area (Å²) in [6.45, 7) is 7.56. The molecule has 1 aromatic rings. The summed E-state index contributed by atoms with van der Waals surface area (Å²) in [6.07, 6.45) is 1.13. The van der Waals surface area contributed by atoms with Gasteiger partial charge in [-0.25, -0.2) is 0 Å². The predicted molar refractivity (Wildman–Crippen MR) is 60.4 cm³/mol. The van der Waals surface area contributed by atoms with E-state index in [0.717, 1.165) is 22.0 Å². The van der Waals surface area contributed by atoms with Crippen LogP contribution in [0.4, 0.5) is 5.13 Å². The van der Waals surface area contributed by atoms with Gasteiger partial charge >= 0.3 is 0 Å². The Morgan fingerprint density at radius 2 is 2.15 bits per heavy atom. The lowest BCUT2D eigenvalue weighted by Gasteiger charge is -2.24. The van der Waals surface area contributed by atoms with Gasteiger partial charge in [0.15, 0.2) is 3.92 Å². The number of hydrogen-bond donors (Lipinski definition) is 0. The molecule has 0 saturated heterocycles. The third-order valence-electron chi connectivity index (χ3n) is 1.72. The molecule has 0 radical (unpaired) electrons. The molecule has 1 aromatic heterocycles. The van der Waals surface area contributed by atoms with Crippen LogP contribution in [-0.4, -0.2) is 22.8 Å². The van der Waals surface area contributed by atoms with Crippen LogP contribution in [0.25, 0.3) is 0 Å². The van der Waals surface area contributed by atoms with E-state index in [4.69, 9.17) is 0 Å². The zero-order chi connectivity index (χ0) is 9.84. The lowest BCUT2D eigenvalue weighted by molar-refractivity contribution is 0.665. The quantitative estimate of drug-likeness (QED) is 0.837. The van der Waals surface area contributed by atoms with Crippen molar-refractivity contribution < 1.29 is 0 Å². The van der Waals surface area contributed by atoms with E-state index in [1.165, 1.54) is 0 Å². The first-order valence-electron chi connectivity index (χ1n) is 4.40. The van der Waals surface area contributed by atoms with Crippen LogP contribution in [0.2, 0.25) is 0 Å². The molecular weight excluding hydrogens is 250 g/mol. The molecule has 0 aliphatic carbocycles. The maximum atomic E-state index is 4.10. The van der Waals surface area contributed by atoms with Gasteiger partial charge in [-0.15, -0.1) is 10.2 Å². The first-order valence-corrected chi connectivity index (χ1v) is 6.01. The van der Waals surface area contributed by atoms with Crippen molar-refractivity contribution in [1.82, 2.24) is 10.2 Å². The topological polar surface area (TPSA) is 29.0 Å². The molecule has 1 heterocycles. The van der Waals surface area contributed by atoms with Gasteiger partial charge in [0.25, 0.3) is 0 Å². The van der Waals surface area contributed by atoms with E-state index in [1.807, 2.05) is 0 Å². The van der Waals surface area contributed by atoms with Crippen molar-refractivity contribution in [2.45, 2.75) is 33.2 Å². The molecule has 0 aliphatic heterocycles. The van der Waals surface area contributed by atoms with E-state index >= 15 is 0 Å².